The van der Waals surface area contributed by atoms with Crippen LogP contribution in [0.1, 0.15) is 11.7 Å². The molecular formula is C8H6BrClF2O. The molecule has 1 N–H and O–H groups in total. The predicted octanol–water partition coefficient (Wildman–Crippen LogP) is 3.40. The Hall–Kier alpha value is -0.190. The van der Waals surface area contributed by atoms with Gasteiger partial charge in [0.05, 0.1) is 5.02 Å². The van der Waals surface area contributed by atoms with Crippen molar-refractivity contribution in [3.63, 3.8) is 0 Å². The molecule has 0 bridgehead atoms. The highest BCUT2D eigenvalue weighted by Gasteiger charge is 2.19. The summed E-state index contributed by atoms with van der Waals surface area (Å²) in [4.78, 5) is 0. The third-order valence-corrected chi connectivity index (χ3v) is 2.76. The molecule has 0 heterocycles. The summed E-state index contributed by atoms with van der Waals surface area (Å²) < 4.78 is 24.7. The number of halogens is 4. The summed E-state index contributed by atoms with van der Waals surface area (Å²) in [5.41, 5.74) is 0.114. The van der Waals surface area contributed by atoms with E-state index in [0.29, 0.717) is 9.50 Å². The Bertz CT molecular complexity index is 306. The van der Waals surface area contributed by atoms with Gasteiger partial charge in [-0.3, -0.25) is 0 Å². The molecule has 0 radical (unpaired) electrons. The summed E-state index contributed by atoms with van der Waals surface area (Å²) in [6, 6.07) is 4.22. The van der Waals surface area contributed by atoms with Crippen LogP contribution in [0.5, 0.6) is 0 Å². The van der Waals surface area contributed by atoms with Crippen LogP contribution in [0.25, 0.3) is 0 Å². The van der Waals surface area contributed by atoms with Crippen molar-refractivity contribution in [3.05, 3.63) is 33.3 Å². The molecule has 1 nitrogen and oxygen atoms in total. The second-order valence-corrected chi connectivity index (χ2v) is 3.71. The van der Waals surface area contributed by atoms with Crippen LogP contribution in [0, 0.1) is 0 Å². The molecule has 0 amide bonds. The van der Waals surface area contributed by atoms with E-state index in [-0.39, 0.29) is 5.56 Å². The zero-order valence-corrected chi connectivity index (χ0v) is 8.69. The molecule has 0 aliphatic heterocycles. The highest BCUT2D eigenvalue weighted by atomic mass is 79.9. The van der Waals surface area contributed by atoms with Gasteiger partial charge in [-0.25, -0.2) is 8.78 Å². The van der Waals surface area contributed by atoms with Crippen LogP contribution in [-0.2, 0) is 0 Å². The minimum Gasteiger partial charge on any atom is -0.382 e. The summed E-state index contributed by atoms with van der Waals surface area (Å²) in [7, 11) is 0. The first-order chi connectivity index (χ1) is 6.02. The van der Waals surface area contributed by atoms with Crippen molar-refractivity contribution in [1.82, 2.24) is 0 Å². The normalized spacial score (nSPS) is 13.4. The van der Waals surface area contributed by atoms with E-state index in [9.17, 15) is 8.78 Å². The average Bonchev–Trinajstić information content (AvgIpc) is 2.08. The van der Waals surface area contributed by atoms with Gasteiger partial charge in [0.2, 0.25) is 0 Å². The summed E-state index contributed by atoms with van der Waals surface area (Å²) in [5.74, 6) is 0. The van der Waals surface area contributed by atoms with Gasteiger partial charge in [0.15, 0.2) is 0 Å². The van der Waals surface area contributed by atoms with Crippen molar-refractivity contribution in [2.75, 3.05) is 0 Å². The van der Waals surface area contributed by atoms with Crippen molar-refractivity contribution < 1.29 is 13.9 Å². The smallest absolute Gasteiger partial charge is 0.268 e. The lowest BCUT2D eigenvalue weighted by molar-refractivity contribution is -0.00577. The van der Waals surface area contributed by atoms with E-state index in [0.717, 1.165) is 0 Å². The van der Waals surface area contributed by atoms with Gasteiger partial charge in [-0.15, -0.1) is 0 Å². The number of hydrogen-bond acceptors (Lipinski definition) is 1. The first-order valence-electron chi connectivity index (χ1n) is 3.43. The Kier molecular flexibility index (Phi) is 3.64. The summed E-state index contributed by atoms with van der Waals surface area (Å²) in [6.45, 7) is 0. The van der Waals surface area contributed by atoms with Crippen LogP contribution >= 0.6 is 27.5 Å². The number of rotatable bonds is 2. The van der Waals surface area contributed by atoms with Crippen molar-refractivity contribution in [2.45, 2.75) is 12.5 Å². The van der Waals surface area contributed by atoms with E-state index >= 15 is 0 Å². The second-order valence-electron chi connectivity index (χ2n) is 2.45. The van der Waals surface area contributed by atoms with Crippen molar-refractivity contribution in [2.24, 2.45) is 0 Å². The van der Waals surface area contributed by atoms with Gasteiger partial charge in [0.1, 0.15) is 6.10 Å². The molecule has 1 atom stereocenters. The SMILES string of the molecule is OC(c1ccc(Br)c(Cl)c1)C(F)F. The van der Waals surface area contributed by atoms with Crippen LogP contribution in [0.15, 0.2) is 22.7 Å². The molecule has 1 aromatic rings. The van der Waals surface area contributed by atoms with Crippen LogP contribution in [0.4, 0.5) is 8.78 Å². The largest absolute Gasteiger partial charge is 0.382 e. The molecule has 5 heteroatoms. The molecule has 72 valence electrons. The van der Waals surface area contributed by atoms with Gasteiger partial charge < -0.3 is 5.11 Å². The number of benzene rings is 1. The van der Waals surface area contributed by atoms with Gasteiger partial charge >= 0.3 is 0 Å². The lowest BCUT2D eigenvalue weighted by atomic mass is 10.1. The lowest BCUT2D eigenvalue weighted by Gasteiger charge is -2.10. The van der Waals surface area contributed by atoms with E-state index < -0.39 is 12.5 Å². The maximum Gasteiger partial charge on any atom is 0.268 e. The molecular weight excluding hydrogens is 265 g/mol. The van der Waals surface area contributed by atoms with Crippen molar-refractivity contribution in [1.29, 1.82) is 0 Å². The zero-order valence-electron chi connectivity index (χ0n) is 6.35. The van der Waals surface area contributed by atoms with Crippen molar-refractivity contribution in [3.8, 4) is 0 Å². The zero-order chi connectivity index (χ0) is 10.0. The maximum absolute atomic E-state index is 12.0. The standard InChI is InChI=1S/C8H6BrClF2O/c9-5-2-1-4(3-6(5)10)7(13)8(11)12/h1-3,7-8,13H. The Balaban J connectivity index is 2.97. The topological polar surface area (TPSA) is 20.2 Å². The third kappa shape index (κ3) is 2.62. The number of aliphatic hydroxyl groups is 1. The number of hydrogen-bond donors (Lipinski definition) is 1. The molecule has 0 fully saturated rings. The van der Waals surface area contributed by atoms with Crippen LogP contribution in [-0.4, -0.2) is 11.5 Å². The minimum absolute atomic E-state index is 0.114. The maximum atomic E-state index is 12.0. The van der Waals surface area contributed by atoms with Gasteiger partial charge in [0.25, 0.3) is 6.43 Å². The fourth-order valence-corrected chi connectivity index (χ4v) is 1.28. The summed E-state index contributed by atoms with van der Waals surface area (Å²) in [6.07, 6.45) is -4.57. The van der Waals surface area contributed by atoms with Crippen LogP contribution in [0.2, 0.25) is 5.02 Å². The predicted molar refractivity (Wildman–Crippen MR) is 50.1 cm³/mol. The second kappa shape index (κ2) is 4.35. The lowest BCUT2D eigenvalue weighted by Crippen LogP contribution is -2.07. The Morgan fingerprint density at radius 3 is 2.46 bits per heavy atom. The molecule has 1 rings (SSSR count). The quantitative estimate of drug-likeness (QED) is 0.874. The summed E-state index contributed by atoms with van der Waals surface area (Å²) in [5, 5.41) is 9.29. The molecule has 0 spiro atoms. The molecule has 0 saturated carbocycles. The first-order valence-corrected chi connectivity index (χ1v) is 4.60. The van der Waals surface area contributed by atoms with Gasteiger partial charge in [-0.05, 0) is 33.6 Å². The molecule has 0 aromatic heterocycles. The van der Waals surface area contributed by atoms with E-state index in [2.05, 4.69) is 15.9 Å². The fraction of sp³-hybridized carbons (Fsp3) is 0.250. The fourth-order valence-electron chi connectivity index (χ4n) is 0.842. The van der Waals surface area contributed by atoms with Crippen molar-refractivity contribution >= 4 is 27.5 Å². The van der Waals surface area contributed by atoms with E-state index in [1.165, 1.54) is 18.2 Å². The van der Waals surface area contributed by atoms with Crippen LogP contribution < -0.4 is 0 Å². The number of aliphatic hydroxyl groups excluding tert-OH is 1. The monoisotopic (exact) mass is 270 g/mol. The van der Waals surface area contributed by atoms with Gasteiger partial charge in [0, 0.05) is 4.47 Å². The average molecular weight is 271 g/mol. The molecule has 0 saturated heterocycles. The third-order valence-electron chi connectivity index (χ3n) is 1.52. The molecule has 13 heavy (non-hydrogen) atoms. The first kappa shape index (κ1) is 10.9. The van der Waals surface area contributed by atoms with E-state index in [1.54, 1.807) is 0 Å². The Morgan fingerprint density at radius 1 is 1.38 bits per heavy atom. The molecule has 0 aliphatic carbocycles. The molecule has 0 aliphatic rings. The highest BCUT2D eigenvalue weighted by molar-refractivity contribution is 9.10. The Labute approximate surface area is 87.5 Å². The Morgan fingerprint density at radius 2 is 2.00 bits per heavy atom. The van der Waals surface area contributed by atoms with E-state index in [4.69, 9.17) is 16.7 Å². The van der Waals surface area contributed by atoms with Gasteiger partial charge in [-0.2, -0.15) is 0 Å². The number of alkyl halides is 2. The molecule has 1 unspecified atom stereocenters. The van der Waals surface area contributed by atoms with Crippen LogP contribution in [0.3, 0.4) is 0 Å². The summed E-state index contributed by atoms with van der Waals surface area (Å²) >= 11 is 8.77. The van der Waals surface area contributed by atoms with Gasteiger partial charge in [-0.1, -0.05) is 17.7 Å². The highest BCUT2D eigenvalue weighted by Crippen LogP contribution is 2.28. The van der Waals surface area contributed by atoms with E-state index in [1.807, 2.05) is 0 Å². The minimum atomic E-state index is -2.79. The molecule has 1 aromatic carbocycles.